The molecule has 1 saturated carbocycles. The van der Waals surface area contributed by atoms with Crippen molar-refractivity contribution in [3.63, 3.8) is 0 Å². The van der Waals surface area contributed by atoms with Crippen molar-refractivity contribution >= 4 is 5.84 Å². The Kier molecular flexibility index (Phi) is 6.87. The van der Waals surface area contributed by atoms with Gasteiger partial charge < -0.3 is 9.47 Å². The van der Waals surface area contributed by atoms with E-state index in [1.165, 1.54) is 32.1 Å². The fourth-order valence-electron chi connectivity index (χ4n) is 3.53. The smallest absolute Gasteiger partial charge is 0.230 e. The molecule has 1 aliphatic carbocycles. The summed E-state index contributed by atoms with van der Waals surface area (Å²) in [5.74, 6) is 2.52. The number of aromatic nitrogens is 1. The zero-order chi connectivity index (χ0) is 19.9. The number of benzene rings is 1. The molecule has 2 N–H and O–H groups in total. The van der Waals surface area contributed by atoms with E-state index in [4.69, 9.17) is 9.47 Å². The second-order valence-corrected chi connectivity index (χ2v) is 7.37. The molecule has 2 aromatic rings. The summed E-state index contributed by atoms with van der Waals surface area (Å²) in [5, 5.41) is 9.72. The van der Waals surface area contributed by atoms with Crippen molar-refractivity contribution in [3.05, 3.63) is 47.2 Å². The minimum Gasteiger partial charge on any atom is -0.493 e. The van der Waals surface area contributed by atoms with Crippen molar-refractivity contribution in [2.24, 2.45) is 10.9 Å². The zero-order valence-electron chi connectivity index (χ0n) is 16.9. The summed E-state index contributed by atoms with van der Waals surface area (Å²) in [5.41, 5.74) is 4.75. The summed E-state index contributed by atoms with van der Waals surface area (Å²) in [6.07, 6.45) is 6.21. The van der Waals surface area contributed by atoms with Gasteiger partial charge in [-0.15, -0.1) is 0 Å². The number of amidine groups is 1. The number of pyridine rings is 1. The molecular formula is C22H29N3O3. The Labute approximate surface area is 166 Å². The van der Waals surface area contributed by atoms with Crippen LogP contribution in [0.5, 0.6) is 17.4 Å². The lowest BCUT2D eigenvalue weighted by atomic mass is 9.89. The number of nitrogens with one attached hydrogen (secondary N) is 1. The van der Waals surface area contributed by atoms with Gasteiger partial charge in [-0.25, -0.2) is 4.98 Å². The van der Waals surface area contributed by atoms with E-state index in [-0.39, 0.29) is 0 Å². The standard InChI is InChI=1S/C22H29N3O3/c1-15-9-12-19(20(13-15)27-3)28-22-18(11-10-16(2)24-22)21(25-26)23-14-17-7-5-4-6-8-17/h9-13,17,26H,4-8,14H2,1-3H3,(H,23,25). The highest BCUT2D eigenvalue weighted by Gasteiger charge is 2.17. The number of ether oxygens (including phenoxy) is 2. The molecule has 0 spiro atoms. The molecule has 6 nitrogen and oxygen atoms in total. The molecule has 150 valence electrons. The van der Waals surface area contributed by atoms with Gasteiger partial charge in [-0.3, -0.25) is 15.7 Å². The van der Waals surface area contributed by atoms with E-state index in [1.807, 2.05) is 44.2 Å². The second kappa shape index (κ2) is 9.55. The van der Waals surface area contributed by atoms with Crippen LogP contribution in [0.1, 0.15) is 48.9 Å². The topological polar surface area (TPSA) is 76.0 Å². The molecule has 0 atom stereocenters. The molecule has 6 heteroatoms. The highest BCUT2D eigenvalue weighted by Crippen LogP contribution is 2.33. The van der Waals surface area contributed by atoms with E-state index in [0.29, 0.717) is 41.2 Å². The first-order valence-corrected chi connectivity index (χ1v) is 9.85. The second-order valence-electron chi connectivity index (χ2n) is 7.37. The quantitative estimate of drug-likeness (QED) is 0.425. The van der Waals surface area contributed by atoms with Crippen LogP contribution in [0, 0.1) is 19.8 Å². The third-order valence-electron chi connectivity index (χ3n) is 5.12. The maximum absolute atomic E-state index is 9.72. The molecule has 0 amide bonds. The number of nitrogens with zero attached hydrogens (tertiary/aromatic N) is 2. The van der Waals surface area contributed by atoms with E-state index in [2.05, 4.69) is 15.5 Å². The Bertz CT molecular complexity index is 830. The normalized spacial score (nSPS) is 15.4. The Balaban J connectivity index is 1.88. The number of aryl methyl sites for hydroxylation is 2. The van der Waals surface area contributed by atoms with Gasteiger partial charge in [0.25, 0.3) is 0 Å². The third kappa shape index (κ3) is 5.01. The lowest BCUT2D eigenvalue weighted by Gasteiger charge is -2.20. The van der Waals surface area contributed by atoms with Gasteiger partial charge in [0.15, 0.2) is 17.3 Å². The largest absolute Gasteiger partial charge is 0.493 e. The summed E-state index contributed by atoms with van der Waals surface area (Å²) in [4.78, 5) is 9.15. The van der Waals surface area contributed by atoms with E-state index in [9.17, 15) is 5.21 Å². The van der Waals surface area contributed by atoms with Gasteiger partial charge in [0.05, 0.1) is 12.7 Å². The van der Waals surface area contributed by atoms with Gasteiger partial charge in [0, 0.05) is 12.2 Å². The van der Waals surface area contributed by atoms with E-state index < -0.39 is 0 Å². The van der Waals surface area contributed by atoms with Gasteiger partial charge >= 0.3 is 0 Å². The van der Waals surface area contributed by atoms with Crippen molar-refractivity contribution in [1.29, 1.82) is 0 Å². The molecule has 1 fully saturated rings. The van der Waals surface area contributed by atoms with E-state index in [1.54, 1.807) is 7.11 Å². The summed E-state index contributed by atoms with van der Waals surface area (Å²) in [6, 6.07) is 9.46. The number of hydrogen-bond acceptors (Lipinski definition) is 5. The predicted molar refractivity (Wildman–Crippen MR) is 110 cm³/mol. The number of rotatable bonds is 6. The third-order valence-corrected chi connectivity index (χ3v) is 5.12. The van der Waals surface area contributed by atoms with Crippen molar-refractivity contribution < 1.29 is 14.7 Å². The SMILES string of the molecule is COc1cc(C)ccc1Oc1nc(C)ccc1C(=NCC1CCCCC1)NO. The number of methoxy groups -OCH3 is 1. The van der Waals surface area contributed by atoms with Crippen molar-refractivity contribution in [2.75, 3.05) is 13.7 Å². The lowest BCUT2D eigenvalue weighted by molar-refractivity contribution is 0.233. The minimum atomic E-state index is 0.374. The Morgan fingerprint density at radius 3 is 2.64 bits per heavy atom. The van der Waals surface area contributed by atoms with Crippen molar-refractivity contribution in [2.45, 2.75) is 46.0 Å². The maximum Gasteiger partial charge on any atom is 0.230 e. The Morgan fingerprint density at radius 2 is 1.93 bits per heavy atom. The highest BCUT2D eigenvalue weighted by atomic mass is 16.5. The van der Waals surface area contributed by atoms with Crippen molar-refractivity contribution in [1.82, 2.24) is 10.5 Å². The first-order chi connectivity index (χ1) is 13.6. The monoisotopic (exact) mass is 383 g/mol. The van der Waals surface area contributed by atoms with Crippen LogP contribution in [-0.2, 0) is 0 Å². The van der Waals surface area contributed by atoms with Crippen LogP contribution in [0.4, 0.5) is 0 Å². The van der Waals surface area contributed by atoms with Gasteiger partial charge in [-0.1, -0.05) is 25.3 Å². The molecule has 3 rings (SSSR count). The van der Waals surface area contributed by atoms with E-state index >= 15 is 0 Å². The number of hydrogen-bond donors (Lipinski definition) is 2. The van der Waals surface area contributed by atoms with Crippen LogP contribution < -0.4 is 15.0 Å². The average molecular weight is 383 g/mol. The summed E-state index contributed by atoms with van der Waals surface area (Å²) >= 11 is 0. The summed E-state index contributed by atoms with van der Waals surface area (Å²) < 4.78 is 11.5. The molecule has 1 heterocycles. The first kappa shape index (κ1) is 20.1. The number of hydroxylamine groups is 1. The molecule has 1 aliphatic rings. The summed E-state index contributed by atoms with van der Waals surface area (Å²) in [6.45, 7) is 4.58. The fraction of sp³-hybridized carbons (Fsp3) is 0.455. The molecule has 1 aromatic heterocycles. The first-order valence-electron chi connectivity index (χ1n) is 9.85. The zero-order valence-corrected chi connectivity index (χ0v) is 16.9. The van der Waals surface area contributed by atoms with Gasteiger partial charge in [-0.05, 0) is 62.4 Å². The van der Waals surface area contributed by atoms with Crippen LogP contribution in [0.2, 0.25) is 0 Å². The van der Waals surface area contributed by atoms with Gasteiger partial charge in [-0.2, -0.15) is 0 Å². The van der Waals surface area contributed by atoms with Gasteiger partial charge in [0.1, 0.15) is 0 Å². The highest BCUT2D eigenvalue weighted by molar-refractivity contribution is 6.00. The maximum atomic E-state index is 9.72. The summed E-state index contributed by atoms with van der Waals surface area (Å²) in [7, 11) is 1.61. The molecular weight excluding hydrogens is 354 g/mol. The molecule has 1 aromatic carbocycles. The van der Waals surface area contributed by atoms with Gasteiger partial charge in [0.2, 0.25) is 5.88 Å². The molecule has 0 radical (unpaired) electrons. The van der Waals surface area contributed by atoms with Crippen molar-refractivity contribution in [3.8, 4) is 17.4 Å². The molecule has 0 bridgehead atoms. The predicted octanol–water partition coefficient (Wildman–Crippen LogP) is 4.81. The Morgan fingerprint density at radius 1 is 1.14 bits per heavy atom. The molecule has 0 saturated heterocycles. The van der Waals surface area contributed by atoms with Crippen LogP contribution in [0.3, 0.4) is 0 Å². The van der Waals surface area contributed by atoms with Crippen LogP contribution in [-0.4, -0.2) is 29.7 Å². The Hall–Kier alpha value is -2.60. The van der Waals surface area contributed by atoms with Crippen LogP contribution >= 0.6 is 0 Å². The van der Waals surface area contributed by atoms with E-state index in [0.717, 1.165) is 11.3 Å². The molecule has 0 aliphatic heterocycles. The minimum absolute atomic E-state index is 0.374. The average Bonchev–Trinajstić information content (AvgIpc) is 2.71. The number of aliphatic imine (C=N–C) groups is 1. The van der Waals surface area contributed by atoms with Crippen LogP contribution in [0.15, 0.2) is 35.3 Å². The lowest BCUT2D eigenvalue weighted by Crippen LogP contribution is -2.23. The fourth-order valence-corrected chi connectivity index (χ4v) is 3.53. The molecule has 28 heavy (non-hydrogen) atoms. The molecule has 0 unspecified atom stereocenters. The van der Waals surface area contributed by atoms with Crippen LogP contribution in [0.25, 0.3) is 0 Å².